The normalized spacial score (nSPS) is 25.8. The van der Waals surface area contributed by atoms with Gasteiger partial charge in [-0.15, -0.1) is 0 Å². The van der Waals surface area contributed by atoms with E-state index in [1.807, 2.05) is 4.90 Å². The fourth-order valence-electron chi connectivity index (χ4n) is 7.17. The average Bonchev–Trinajstić information content (AvgIpc) is 3.73. The lowest BCUT2D eigenvalue weighted by Gasteiger charge is -2.31. The van der Waals surface area contributed by atoms with Crippen LogP contribution in [0.1, 0.15) is 38.2 Å². The van der Waals surface area contributed by atoms with Gasteiger partial charge in [0.15, 0.2) is 5.13 Å². The molecule has 3 saturated heterocycles. The van der Waals surface area contributed by atoms with Crippen molar-refractivity contribution in [2.75, 3.05) is 43.9 Å². The number of thiazole rings is 1. The molecule has 44 heavy (non-hydrogen) atoms. The second-order valence-electron chi connectivity index (χ2n) is 12.2. The number of hydrogen-bond donors (Lipinski definition) is 2. The summed E-state index contributed by atoms with van der Waals surface area (Å²) in [7, 11) is 1.81. The number of benzene rings is 2. The van der Waals surface area contributed by atoms with Crippen molar-refractivity contribution < 1.29 is 26.7 Å². The topological polar surface area (TPSA) is 92.4 Å². The molecule has 4 aromatic rings. The smallest absolute Gasteiger partial charge is 0.417 e. The molecule has 3 N–H and O–H groups in total. The van der Waals surface area contributed by atoms with Crippen LogP contribution in [0.25, 0.3) is 32.2 Å². The number of fused-ring (bicyclic) bond motifs is 3. The van der Waals surface area contributed by atoms with Gasteiger partial charge in [0.2, 0.25) is 0 Å². The van der Waals surface area contributed by atoms with Crippen LogP contribution in [-0.4, -0.2) is 76.9 Å². The molecule has 14 heteroatoms. The van der Waals surface area contributed by atoms with Crippen LogP contribution in [0.5, 0.6) is 6.01 Å². The molecule has 3 aliphatic rings. The van der Waals surface area contributed by atoms with E-state index in [9.17, 15) is 22.0 Å². The molecule has 3 aliphatic heterocycles. The van der Waals surface area contributed by atoms with Gasteiger partial charge in [0.05, 0.1) is 26.8 Å². The molecule has 2 aromatic heterocycles. The van der Waals surface area contributed by atoms with Crippen molar-refractivity contribution in [1.29, 1.82) is 0 Å². The minimum Gasteiger partial charge on any atom is -0.461 e. The molecule has 0 unspecified atom stereocenters. The van der Waals surface area contributed by atoms with Crippen LogP contribution < -0.4 is 20.7 Å². The summed E-state index contributed by atoms with van der Waals surface area (Å²) in [5.41, 5.74) is 4.63. The number of hydrogen-bond acceptors (Lipinski definition) is 9. The molecule has 4 atom stereocenters. The summed E-state index contributed by atoms with van der Waals surface area (Å²) in [5, 5.41) is 3.63. The van der Waals surface area contributed by atoms with E-state index in [1.54, 1.807) is 7.05 Å². The Morgan fingerprint density at radius 2 is 2.02 bits per heavy atom. The monoisotopic (exact) mass is 633 g/mol. The number of rotatable bonds is 6. The number of aromatic nitrogens is 3. The third-order valence-electron chi connectivity index (χ3n) is 9.34. The molecule has 7 rings (SSSR count). The zero-order valence-electron chi connectivity index (χ0n) is 24.2. The van der Waals surface area contributed by atoms with E-state index >= 15 is 0 Å². The van der Waals surface area contributed by atoms with E-state index in [-0.39, 0.29) is 62.1 Å². The lowest BCUT2D eigenvalue weighted by Crippen LogP contribution is -2.43. The number of alkyl halides is 4. The Hall–Kier alpha value is -3.36. The molecular weight excluding hydrogens is 601 g/mol. The first kappa shape index (κ1) is 29.4. The first-order valence-corrected chi connectivity index (χ1v) is 15.5. The van der Waals surface area contributed by atoms with Crippen LogP contribution in [0.4, 0.5) is 32.9 Å². The van der Waals surface area contributed by atoms with Crippen LogP contribution in [0, 0.1) is 5.82 Å². The van der Waals surface area contributed by atoms with E-state index in [0.717, 1.165) is 49.3 Å². The lowest BCUT2D eigenvalue weighted by atomic mass is 9.95. The number of nitrogens with two attached hydrogens (primary N) is 1. The van der Waals surface area contributed by atoms with Crippen LogP contribution in [0.15, 0.2) is 24.3 Å². The Morgan fingerprint density at radius 1 is 1.20 bits per heavy atom. The molecule has 3 fully saturated rings. The fraction of sp³-hybridized carbons (Fsp3) is 0.500. The highest BCUT2D eigenvalue weighted by Crippen LogP contribution is 2.45. The minimum absolute atomic E-state index is 0.00903. The van der Waals surface area contributed by atoms with Crippen molar-refractivity contribution in [2.45, 2.75) is 62.6 Å². The molecule has 234 valence electrons. The number of nitrogens with one attached hydrogen (secondary N) is 1. The summed E-state index contributed by atoms with van der Waals surface area (Å²) in [5.74, 6) is -0.308. The lowest BCUT2D eigenvalue weighted by molar-refractivity contribution is -0.137. The van der Waals surface area contributed by atoms with Crippen molar-refractivity contribution in [1.82, 2.24) is 25.2 Å². The summed E-state index contributed by atoms with van der Waals surface area (Å²) in [6.07, 6.45) is -2.84. The molecular formula is C30H32F5N7OS. The van der Waals surface area contributed by atoms with Crippen molar-refractivity contribution in [3.63, 3.8) is 0 Å². The van der Waals surface area contributed by atoms with Gasteiger partial charge in [-0.2, -0.15) is 23.1 Å². The molecule has 2 aromatic carbocycles. The maximum Gasteiger partial charge on any atom is 0.417 e. The van der Waals surface area contributed by atoms with Crippen LogP contribution in [0.2, 0.25) is 0 Å². The zero-order valence-corrected chi connectivity index (χ0v) is 25.0. The third kappa shape index (κ3) is 5.00. The van der Waals surface area contributed by atoms with Gasteiger partial charge in [-0.25, -0.2) is 13.8 Å². The second kappa shape index (κ2) is 10.6. The van der Waals surface area contributed by atoms with E-state index in [0.29, 0.717) is 25.3 Å². The van der Waals surface area contributed by atoms with Crippen molar-refractivity contribution in [3.05, 3.63) is 35.6 Å². The standard InChI is InChI=1S/C30H32F5N7OS/c1-15-8-17(12-37-15)41(2)26-20-9-21(30(33,34)35)19(18-4-5-22(32)25-24(18)39-27(36)44-25)10-23(20)38-28(40-26)43-14-29-6-3-7-42(29)13-16(31)11-29/h4-5,9-10,15-17,37H,3,6-8,11-14H2,1-2H3,(H2,36,39)/t15-,16-,17-,29+/m1/s1. The third-order valence-corrected chi connectivity index (χ3v) is 10.2. The van der Waals surface area contributed by atoms with E-state index in [4.69, 9.17) is 10.5 Å². The number of halogens is 5. The SMILES string of the molecule is C[C@@H]1C[C@@H](N(C)c2nc(OC[C@@]34CCCN3C[C@H](F)C4)nc3cc(-c4ccc(F)c5sc(N)nc45)c(C(F)(F)F)cc23)CN1. The van der Waals surface area contributed by atoms with Gasteiger partial charge in [-0.1, -0.05) is 11.3 Å². The van der Waals surface area contributed by atoms with Crippen LogP contribution in [-0.2, 0) is 6.18 Å². The van der Waals surface area contributed by atoms with Gasteiger partial charge in [-0.3, -0.25) is 4.90 Å². The Morgan fingerprint density at radius 3 is 2.77 bits per heavy atom. The number of nitrogens with zero attached hydrogens (tertiary/aromatic N) is 5. The number of likely N-dealkylation sites (N-methyl/N-ethyl adjacent to an activating group) is 1. The van der Waals surface area contributed by atoms with E-state index in [1.165, 1.54) is 12.1 Å². The predicted molar refractivity (Wildman–Crippen MR) is 160 cm³/mol. The maximum absolute atomic E-state index is 14.7. The maximum atomic E-state index is 14.7. The van der Waals surface area contributed by atoms with Gasteiger partial charge >= 0.3 is 12.2 Å². The van der Waals surface area contributed by atoms with Gasteiger partial charge in [0.1, 0.15) is 24.4 Å². The van der Waals surface area contributed by atoms with Crippen molar-refractivity contribution >= 4 is 43.4 Å². The molecule has 0 amide bonds. The first-order chi connectivity index (χ1) is 20.9. The van der Waals surface area contributed by atoms with Crippen LogP contribution in [0.3, 0.4) is 0 Å². The largest absolute Gasteiger partial charge is 0.461 e. The predicted octanol–water partition coefficient (Wildman–Crippen LogP) is 5.79. The van der Waals surface area contributed by atoms with Gasteiger partial charge in [0, 0.05) is 49.6 Å². The Balaban J connectivity index is 1.39. The molecule has 0 saturated carbocycles. The summed E-state index contributed by atoms with van der Waals surface area (Å²) in [6.45, 7) is 4.02. The highest BCUT2D eigenvalue weighted by atomic mass is 32.1. The fourth-order valence-corrected chi connectivity index (χ4v) is 7.93. The number of ether oxygens (including phenoxy) is 1. The summed E-state index contributed by atoms with van der Waals surface area (Å²) < 4.78 is 79.4. The Labute approximate surface area is 254 Å². The molecule has 0 bridgehead atoms. The Kier molecular flexibility index (Phi) is 7.09. The highest BCUT2D eigenvalue weighted by Gasteiger charge is 2.49. The minimum atomic E-state index is -4.75. The second-order valence-corrected chi connectivity index (χ2v) is 13.3. The highest BCUT2D eigenvalue weighted by molar-refractivity contribution is 7.22. The quantitative estimate of drug-likeness (QED) is 0.258. The molecule has 0 spiro atoms. The van der Waals surface area contributed by atoms with Crippen LogP contribution >= 0.6 is 11.3 Å². The van der Waals surface area contributed by atoms with Gasteiger partial charge in [-0.05, 0) is 62.6 Å². The van der Waals surface area contributed by atoms with Crippen molar-refractivity contribution in [2.24, 2.45) is 0 Å². The summed E-state index contributed by atoms with van der Waals surface area (Å²) in [4.78, 5) is 17.4. The van der Waals surface area contributed by atoms with E-state index in [2.05, 4.69) is 32.1 Å². The number of anilines is 2. The Bertz CT molecular complexity index is 1750. The van der Waals surface area contributed by atoms with Gasteiger partial charge in [0.25, 0.3) is 0 Å². The van der Waals surface area contributed by atoms with Crippen molar-refractivity contribution in [3.8, 4) is 17.1 Å². The molecule has 8 nitrogen and oxygen atoms in total. The number of nitrogen functional groups attached to an aromatic ring is 1. The van der Waals surface area contributed by atoms with Gasteiger partial charge < -0.3 is 20.7 Å². The van der Waals surface area contributed by atoms with E-state index < -0.39 is 29.3 Å². The average molecular weight is 634 g/mol. The summed E-state index contributed by atoms with van der Waals surface area (Å²) >= 11 is 0.875. The molecule has 5 heterocycles. The zero-order chi connectivity index (χ0) is 31.0. The first-order valence-electron chi connectivity index (χ1n) is 14.7. The summed E-state index contributed by atoms with van der Waals surface area (Å²) in [6, 6.07) is 5.02. The molecule has 0 aliphatic carbocycles. The molecule has 0 radical (unpaired) electrons.